The van der Waals surface area contributed by atoms with E-state index in [1.54, 1.807) is 6.26 Å². The minimum absolute atomic E-state index is 0.00253. The van der Waals surface area contributed by atoms with E-state index in [9.17, 15) is 4.79 Å². The van der Waals surface area contributed by atoms with Crippen LogP contribution in [0.1, 0.15) is 11.3 Å². The van der Waals surface area contributed by atoms with Crippen LogP contribution in [0.2, 0.25) is 0 Å². The van der Waals surface area contributed by atoms with Crippen LogP contribution in [0.4, 0.5) is 0 Å². The lowest BCUT2D eigenvalue weighted by Crippen LogP contribution is -2.30. The van der Waals surface area contributed by atoms with Gasteiger partial charge in [-0.1, -0.05) is 35.9 Å². The Morgan fingerprint density at radius 2 is 1.88 bits per heavy atom. The highest BCUT2D eigenvalue weighted by atomic mass is 16.5. The number of rotatable bonds is 7. The predicted octanol–water partition coefficient (Wildman–Crippen LogP) is 3.39. The van der Waals surface area contributed by atoms with E-state index < -0.39 is 0 Å². The number of carbonyl (C=O) groups is 1. The second-order valence-electron chi connectivity index (χ2n) is 5.71. The van der Waals surface area contributed by atoms with Gasteiger partial charge in [-0.15, -0.1) is 0 Å². The summed E-state index contributed by atoms with van der Waals surface area (Å²) in [4.78, 5) is 16.2. The van der Waals surface area contributed by atoms with Crippen molar-refractivity contribution in [3.05, 3.63) is 72.1 Å². The summed E-state index contributed by atoms with van der Waals surface area (Å²) in [6.07, 6.45) is 2.23. The average molecular weight is 336 g/mol. The van der Waals surface area contributed by atoms with Gasteiger partial charge in [0, 0.05) is 18.5 Å². The maximum atomic E-state index is 11.8. The Bertz CT molecular complexity index is 810. The number of amides is 1. The summed E-state index contributed by atoms with van der Waals surface area (Å²) in [6, 6.07) is 17.3. The van der Waals surface area contributed by atoms with Gasteiger partial charge >= 0.3 is 0 Å². The number of aryl methyl sites for hydroxylation is 1. The Balaban J connectivity index is 1.43. The molecule has 0 bridgehead atoms. The van der Waals surface area contributed by atoms with E-state index in [1.807, 2.05) is 61.5 Å². The summed E-state index contributed by atoms with van der Waals surface area (Å²) < 4.78 is 10.9. The standard InChI is InChI=1S/C20H20N2O3/c1-15-7-9-16(10-8-15)20-22-17(13-25-20)11-12-21-19(23)14-24-18-5-3-2-4-6-18/h2-10,13H,11-12,14H2,1H3,(H,21,23). The van der Waals surface area contributed by atoms with Crippen molar-refractivity contribution in [1.82, 2.24) is 10.3 Å². The van der Waals surface area contributed by atoms with Crippen LogP contribution in [0, 0.1) is 6.92 Å². The first-order valence-corrected chi connectivity index (χ1v) is 8.17. The molecule has 0 aliphatic heterocycles. The van der Waals surface area contributed by atoms with E-state index in [1.165, 1.54) is 5.56 Å². The van der Waals surface area contributed by atoms with E-state index in [0.29, 0.717) is 24.6 Å². The SMILES string of the molecule is Cc1ccc(-c2nc(CCNC(=O)COc3ccccc3)co2)cc1. The molecule has 3 aromatic rings. The molecule has 0 aliphatic rings. The molecule has 5 heteroatoms. The first kappa shape index (κ1) is 16.8. The molecular weight excluding hydrogens is 316 g/mol. The number of aromatic nitrogens is 1. The highest BCUT2D eigenvalue weighted by molar-refractivity contribution is 5.77. The highest BCUT2D eigenvalue weighted by Crippen LogP contribution is 2.19. The van der Waals surface area contributed by atoms with Crippen molar-refractivity contribution in [2.45, 2.75) is 13.3 Å². The third-order valence-corrected chi connectivity index (χ3v) is 3.67. The number of benzene rings is 2. The van der Waals surface area contributed by atoms with Gasteiger partial charge in [-0.05, 0) is 31.2 Å². The monoisotopic (exact) mass is 336 g/mol. The number of ether oxygens (including phenoxy) is 1. The molecule has 5 nitrogen and oxygen atoms in total. The van der Waals surface area contributed by atoms with Crippen LogP contribution in [0.5, 0.6) is 5.75 Å². The summed E-state index contributed by atoms with van der Waals surface area (Å²) in [5, 5.41) is 2.81. The maximum Gasteiger partial charge on any atom is 0.257 e. The fourth-order valence-corrected chi connectivity index (χ4v) is 2.30. The molecule has 3 rings (SSSR count). The molecule has 128 valence electrons. The largest absolute Gasteiger partial charge is 0.484 e. The van der Waals surface area contributed by atoms with E-state index >= 15 is 0 Å². The smallest absolute Gasteiger partial charge is 0.257 e. The van der Waals surface area contributed by atoms with Crippen LogP contribution in [-0.2, 0) is 11.2 Å². The van der Waals surface area contributed by atoms with Crippen molar-refractivity contribution in [3.8, 4) is 17.2 Å². The molecule has 1 amide bonds. The lowest BCUT2D eigenvalue weighted by Gasteiger charge is -2.06. The number of hydrogen-bond acceptors (Lipinski definition) is 4. The van der Waals surface area contributed by atoms with Crippen molar-refractivity contribution >= 4 is 5.91 Å². The third kappa shape index (κ3) is 4.94. The normalized spacial score (nSPS) is 10.4. The predicted molar refractivity (Wildman–Crippen MR) is 95.3 cm³/mol. The molecule has 0 fully saturated rings. The topological polar surface area (TPSA) is 64.4 Å². The van der Waals surface area contributed by atoms with Gasteiger partial charge in [-0.3, -0.25) is 4.79 Å². The molecule has 0 atom stereocenters. The van der Waals surface area contributed by atoms with Crippen molar-refractivity contribution in [1.29, 1.82) is 0 Å². The van der Waals surface area contributed by atoms with E-state index in [-0.39, 0.29) is 12.5 Å². The molecule has 2 aromatic carbocycles. The molecule has 0 aliphatic carbocycles. The molecule has 0 radical (unpaired) electrons. The Morgan fingerprint density at radius 3 is 2.64 bits per heavy atom. The maximum absolute atomic E-state index is 11.8. The lowest BCUT2D eigenvalue weighted by molar-refractivity contribution is -0.123. The molecule has 25 heavy (non-hydrogen) atoms. The number of hydrogen-bond donors (Lipinski definition) is 1. The summed E-state index contributed by atoms with van der Waals surface area (Å²) >= 11 is 0. The van der Waals surface area contributed by atoms with Gasteiger partial charge in [0.2, 0.25) is 5.89 Å². The Morgan fingerprint density at radius 1 is 1.12 bits per heavy atom. The van der Waals surface area contributed by atoms with Crippen molar-refractivity contribution < 1.29 is 13.9 Å². The number of para-hydroxylation sites is 1. The third-order valence-electron chi connectivity index (χ3n) is 3.67. The summed E-state index contributed by atoms with van der Waals surface area (Å²) in [6.45, 7) is 2.52. The quantitative estimate of drug-likeness (QED) is 0.718. The number of oxazole rings is 1. The van der Waals surface area contributed by atoms with Gasteiger partial charge < -0.3 is 14.5 Å². The lowest BCUT2D eigenvalue weighted by atomic mass is 10.1. The minimum atomic E-state index is -0.161. The van der Waals surface area contributed by atoms with Gasteiger partial charge in [-0.2, -0.15) is 0 Å². The Kier molecular flexibility index (Phi) is 5.46. The van der Waals surface area contributed by atoms with Crippen molar-refractivity contribution in [3.63, 3.8) is 0 Å². The van der Waals surface area contributed by atoms with Crippen LogP contribution < -0.4 is 10.1 Å². The van der Waals surface area contributed by atoms with Gasteiger partial charge in [0.25, 0.3) is 5.91 Å². The summed E-state index contributed by atoms with van der Waals surface area (Å²) in [5.74, 6) is 1.11. The zero-order valence-electron chi connectivity index (χ0n) is 14.1. The Labute approximate surface area is 146 Å². The molecule has 0 unspecified atom stereocenters. The second kappa shape index (κ2) is 8.15. The summed E-state index contributed by atoms with van der Waals surface area (Å²) in [7, 11) is 0. The van der Waals surface area contributed by atoms with Crippen molar-refractivity contribution in [2.75, 3.05) is 13.2 Å². The molecule has 1 aromatic heterocycles. The van der Waals surface area contributed by atoms with Crippen LogP contribution in [0.15, 0.2) is 65.3 Å². The van der Waals surface area contributed by atoms with Crippen LogP contribution in [0.3, 0.4) is 0 Å². The van der Waals surface area contributed by atoms with E-state index in [0.717, 1.165) is 11.3 Å². The van der Waals surface area contributed by atoms with E-state index in [4.69, 9.17) is 9.15 Å². The number of carbonyl (C=O) groups excluding carboxylic acids is 1. The minimum Gasteiger partial charge on any atom is -0.484 e. The number of nitrogens with zero attached hydrogens (tertiary/aromatic N) is 1. The van der Waals surface area contributed by atoms with Crippen LogP contribution >= 0.6 is 0 Å². The highest BCUT2D eigenvalue weighted by Gasteiger charge is 2.07. The number of nitrogens with one attached hydrogen (secondary N) is 1. The van der Waals surface area contributed by atoms with Crippen molar-refractivity contribution in [2.24, 2.45) is 0 Å². The van der Waals surface area contributed by atoms with Gasteiger partial charge in [0.15, 0.2) is 6.61 Å². The zero-order chi connectivity index (χ0) is 17.5. The van der Waals surface area contributed by atoms with Gasteiger partial charge in [0.1, 0.15) is 12.0 Å². The molecule has 0 saturated heterocycles. The summed E-state index contributed by atoms with van der Waals surface area (Å²) in [5.41, 5.74) is 2.94. The van der Waals surface area contributed by atoms with E-state index in [2.05, 4.69) is 10.3 Å². The van der Waals surface area contributed by atoms with Gasteiger partial charge in [0.05, 0.1) is 5.69 Å². The van der Waals surface area contributed by atoms with Gasteiger partial charge in [-0.25, -0.2) is 4.98 Å². The Hall–Kier alpha value is -3.08. The zero-order valence-corrected chi connectivity index (χ0v) is 14.1. The van der Waals surface area contributed by atoms with Crippen LogP contribution in [-0.4, -0.2) is 24.0 Å². The molecule has 0 spiro atoms. The molecule has 1 heterocycles. The average Bonchev–Trinajstić information content (AvgIpc) is 3.10. The fourth-order valence-electron chi connectivity index (χ4n) is 2.30. The molecular formula is C20H20N2O3. The first-order chi connectivity index (χ1) is 12.2. The first-order valence-electron chi connectivity index (χ1n) is 8.17. The fraction of sp³-hybridized carbons (Fsp3) is 0.200. The second-order valence-corrected chi connectivity index (χ2v) is 5.71. The molecule has 0 saturated carbocycles. The van der Waals surface area contributed by atoms with Crippen LogP contribution in [0.25, 0.3) is 11.5 Å². The molecule has 1 N–H and O–H groups in total.